The minimum atomic E-state index is -0.669. The molecule has 114 valence electrons. The van der Waals surface area contributed by atoms with Gasteiger partial charge in [-0.25, -0.2) is 9.87 Å². The van der Waals surface area contributed by atoms with Crippen molar-refractivity contribution in [1.82, 2.24) is 15.7 Å². The molecule has 1 fully saturated rings. The number of halogens is 1. The van der Waals surface area contributed by atoms with Gasteiger partial charge in [0.05, 0.1) is 0 Å². The molecule has 6 heteroatoms. The number of benzene rings is 1. The molecule has 1 amide bonds. The highest BCUT2D eigenvalue weighted by molar-refractivity contribution is 5.93. The lowest BCUT2D eigenvalue weighted by Gasteiger charge is -2.38. The van der Waals surface area contributed by atoms with E-state index in [9.17, 15) is 9.18 Å². The maximum atomic E-state index is 14.3. The molecule has 0 aliphatic carbocycles. The minimum Gasteiger partial charge on any atom is -0.317 e. The van der Waals surface area contributed by atoms with Gasteiger partial charge < -0.3 is 5.32 Å². The quantitative estimate of drug-likeness (QED) is 0.563. The van der Waals surface area contributed by atoms with Crippen molar-refractivity contribution in [1.29, 1.82) is 0 Å². The maximum Gasteiger partial charge on any atom is 0.274 e. The SMILES string of the molecule is O=C(NO)c1cc(F)c2c(c1)CCN(C1CCNCC1)C2. The highest BCUT2D eigenvalue weighted by Crippen LogP contribution is 2.26. The van der Waals surface area contributed by atoms with Gasteiger partial charge in [-0.2, -0.15) is 0 Å². The number of hydrogen-bond donors (Lipinski definition) is 3. The predicted molar refractivity (Wildman–Crippen MR) is 75.7 cm³/mol. The number of hydrogen-bond acceptors (Lipinski definition) is 4. The minimum absolute atomic E-state index is 0.170. The molecule has 1 saturated heterocycles. The standard InChI is InChI=1S/C15H20FN3O2/c16-14-8-11(15(20)18-21)7-10-3-6-19(9-13(10)14)12-1-4-17-5-2-12/h7-8,12,17,21H,1-6,9H2,(H,18,20). The Morgan fingerprint density at radius 2 is 2.14 bits per heavy atom. The molecular weight excluding hydrogens is 273 g/mol. The topological polar surface area (TPSA) is 64.6 Å². The highest BCUT2D eigenvalue weighted by Gasteiger charge is 2.27. The molecule has 0 spiro atoms. The van der Waals surface area contributed by atoms with Crippen molar-refractivity contribution in [3.8, 4) is 0 Å². The fourth-order valence-electron chi connectivity index (χ4n) is 3.32. The van der Waals surface area contributed by atoms with Crippen LogP contribution in [0.25, 0.3) is 0 Å². The summed E-state index contributed by atoms with van der Waals surface area (Å²) in [6.07, 6.45) is 2.94. The smallest absolute Gasteiger partial charge is 0.274 e. The Morgan fingerprint density at radius 1 is 1.38 bits per heavy atom. The number of rotatable bonds is 2. The van der Waals surface area contributed by atoms with Gasteiger partial charge >= 0.3 is 0 Å². The molecular formula is C15H20FN3O2. The first kappa shape index (κ1) is 14.4. The number of nitrogens with one attached hydrogen (secondary N) is 2. The molecule has 21 heavy (non-hydrogen) atoms. The predicted octanol–water partition coefficient (Wildman–Crippen LogP) is 1.05. The summed E-state index contributed by atoms with van der Waals surface area (Å²) in [5, 5.41) is 12.0. The van der Waals surface area contributed by atoms with E-state index in [0.717, 1.165) is 44.5 Å². The molecule has 2 heterocycles. The first-order valence-electron chi connectivity index (χ1n) is 7.39. The molecule has 1 aromatic carbocycles. The van der Waals surface area contributed by atoms with Crippen LogP contribution in [0.5, 0.6) is 0 Å². The number of nitrogens with zero attached hydrogens (tertiary/aromatic N) is 1. The molecule has 0 radical (unpaired) electrons. The van der Waals surface area contributed by atoms with Crippen molar-refractivity contribution in [2.45, 2.75) is 31.8 Å². The summed E-state index contributed by atoms with van der Waals surface area (Å²) < 4.78 is 14.3. The molecule has 5 nitrogen and oxygen atoms in total. The van der Waals surface area contributed by atoms with Gasteiger partial charge in [-0.1, -0.05) is 0 Å². The summed E-state index contributed by atoms with van der Waals surface area (Å²) >= 11 is 0. The summed E-state index contributed by atoms with van der Waals surface area (Å²) in [6.45, 7) is 3.53. The molecule has 2 aliphatic rings. The van der Waals surface area contributed by atoms with Crippen LogP contribution in [0, 0.1) is 5.82 Å². The van der Waals surface area contributed by atoms with Gasteiger partial charge in [0.1, 0.15) is 5.82 Å². The Morgan fingerprint density at radius 3 is 2.86 bits per heavy atom. The van der Waals surface area contributed by atoms with Gasteiger partial charge in [0.15, 0.2) is 0 Å². The summed E-state index contributed by atoms with van der Waals surface area (Å²) in [4.78, 5) is 13.8. The molecule has 0 atom stereocenters. The number of amides is 1. The Hall–Kier alpha value is -1.50. The fourth-order valence-corrected chi connectivity index (χ4v) is 3.32. The second kappa shape index (κ2) is 6.09. The number of fused-ring (bicyclic) bond motifs is 1. The van der Waals surface area contributed by atoms with Gasteiger partial charge in [-0.3, -0.25) is 14.9 Å². The molecule has 0 saturated carbocycles. The van der Waals surface area contributed by atoms with Crippen molar-refractivity contribution in [2.24, 2.45) is 0 Å². The monoisotopic (exact) mass is 293 g/mol. The summed E-state index contributed by atoms with van der Waals surface area (Å²) in [5.41, 5.74) is 3.29. The van der Waals surface area contributed by atoms with E-state index in [4.69, 9.17) is 5.21 Å². The average Bonchev–Trinajstić information content (AvgIpc) is 2.54. The van der Waals surface area contributed by atoms with Crippen molar-refractivity contribution in [3.63, 3.8) is 0 Å². The number of piperidine rings is 1. The molecule has 2 aliphatic heterocycles. The Kier molecular flexibility index (Phi) is 4.19. The van der Waals surface area contributed by atoms with Crippen molar-refractivity contribution in [3.05, 3.63) is 34.6 Å². The molecule has 3 N–H and O–H groups in total. The molecule has 0 bridgehead atoms. The van der Waals surface area contributed by atoms with E-state index in [-0.39, 0.29) is 11.4 Å². The van der Waals surface area contributed by atoms with E-state index in [2.05, 4.69) is 10.2 Å². The zero-order chi connectivity index (χ0) is 14.8. The highest BCUT2D eigenvalue weighted by atomic mass is 19.1. The van der Waals surface area contributed by atoms with Crippen LogP contribution in [-0.2, 0) is 13.0 Å². The third-order valence-electron chi connectivity index (χ3n) is 4.51. The second-order valence-electron chi connectivity index (χ2n) is 5.74. The van der Waals surface area contributed by atoms with Crippen LogP contribution < -0.4 is 10.8 Å². The van der Waals surface area contributed by atoms with Crippen LogP contribution in [0.4, 0.5) is 4.39 Å². The number of carbonyl (C=O) groups excluding carboxylic acids is 1. The van der Waals surface area contributed by atoms with Crippen molar-refractivity contribution >= 4 is 5.91 Å². The Bertz CT molecular complexity index is 544. The van der Waals surface area contributed by atoms with Crippen LogP contribution >= 0.6 is 0 Å². The molecule has 1 aromatic rings. The van der Waals surface area contributed by atoms with E-state index in [1.54, 1.807) is 11.5 Å². The van der Waals surface area contributed by atoms with Gasteiger partial charge in [0.25, 0.3) is 5.91 Å². The van der Waals surface area contributed by atoms with Crippen LogP contribution in [0.2, 0.25) is 0 Å². The van der Waals surface area contributed by atoms with Crippen LogP contribution in [0.15, 0.2) is 12.1 Å². The Balaban J connectivity index is 1.81. The van der Waals surface area contributed by atoms with Gasteiger partial charge in [0.2, 0.25) is 0 Å². The first-order chi connectivity index (χ1) is 10.2. The van der Waals surface area contributed by atoms with Crippen LogP contribution in [0.3, 0.4) is 0 Å². The lowest BCUT2D eigenvalue weighted by Crippen LogP contribution is -2.45. The summed E-state index contributed by atoms with van der Waals surface area (Å²) in [5.74, 6) is -1.03. The number of hydroxylamine groups is 1. The van der Waals surface area contributed by atoms with Gasteiger partial charge in [0, 0.05) is 30.3 Å². The normalized spacial score (nSPS) is 20.1. The summed E-state index contributed by atoms with van der Waals surface area (Å²) in [7, 11) is 0. The van der Waals surface area contributed by atoms with Crippen molar-refractivity contribution in [2.75, 3.05) is 19.6 Å². The second-order valence-corrected chi connectivity index (χ2v) is 5.74. The fraction of sp³-hybridized carbons (Fsp3) is 0.533. The first-order valence-corrected chi connectivity index (χ1v) is 7.39. The number of carbonyl (C=O) groups is 1. The average molecular weight is 293 g/mol. The zero-order valence-corrected chi connectivity index (χ0v) is 11.9. The third kappa shape index (κ3) is 2.92. The maximum absolute atomic E-state index is 14.3. The van der Waals surface area contributed by atoms with E-state index in [0.29, 0.717) is 18.2 Å². The largest absolute Gasteiger partial charge is 0.317 e. The van der Waals surface area contributed by atoms with E-state index >= 15 is 0 Å². The van der Waals surface area contributed by atoms with Crippen LogP contribution in [0.1, 0.15) is 34.3 Å². The van der Waals surface area contributed by atoms with E-state index in [1.165, 1.54) is 6.07 Å². The lowest BCUT2D eigenvalue weighted by molar-refractivity contribution is 0.0705. The molecule has 3 rings (SSSR count). The van der Waals surface area contributed by atoms with Crippen molar-refractivity contribution < 1.29 is 14.4 Å². The zero-order valence-electron chi connectivity index (χ0n) is 11.9. The Labute approximate surface area is 123 Å². The van der Waals surface area contributed by atoms with Gasteiger partial charge in [-0.15, -0.1) is 0 Å². The van der Waals surface area contributed by atoms with E-state index in [1.807, 2.05) is 0 Å². The molecule has 0 aromatic heterocycles. The van der Waals surface area contributed by atoms with E-state index < -0.39 is 5.91 Å². The summed E-state index contributed by atoms with van der Waals surface area (Å²) in [6, 6.07) is 3.40. The van der Waals surface area contributed by atoms with Gasteiger partial charge in [-0.05, 0) is 50.0 Å². The molecule has 0 unspecified atom stereocenters. The van der Waals surface area contributed by atoms with Crippen LogP contribution in [-0.4, -0.2) is 41.7 Å². The lowest BCUT2D eigenvalue weighted by atomic mass is 9.93. The third-order valence-corrected chi connectivity index (χ3v) is 4.51.